The van der Waals surface area contributed by atoms with Crippen LogP contribution in [0.3, 0.4) is 0 Å². The van der Waals surface area contributed by atoms with Crippen molar-refractivity contribution in [2.75, 3.05) is 11.9 Å². The van der Waals surface area contributed by atoms with Gasteiger partial charge >= 0.3 is 0 Å². The van der Waals surface area contributed by atoms with E-state index in [-0.39, 0.29) is 11.3 Å². The minimum atomic E-state index is 0.125. The van der Waals surface area contributed by atoms with E-state index < -0.39 is 0 Å². The van der Waals surface area contributed by atoms with Crippen LogP contribution >= 0.6 is 0 Å². The van der Waals surface area contributed by atoms with Gasteiger partial charge in [-0.15, -0.1) is 0 Å². The van der Waals surface area contributed by atoms with Crippen molar-refractivity contribution in [3.8, 4) is 0 Å². The summed E-state index contributed by atoms with van der Waals surface area (Å²) in [5, 5.41) is 2.91. The summed E-state index contributed by atoms with van der Waals surface area (Å²) in [6, 6.07) is 6.37. The monoisotopic (exact) mass is 216 g/mol. The zero-order valence-electron chi connectivity index (χ0n) is 9.25. The molecular weight excluding hydrogens is 200 g/mol. The third-order valence-corrected chi connectivity index (χ3v) is 3.86. The Balaban J connectivity index is 1.97. The van der Waals surface area contributed by atoms with Gasteiger partial charge in [-0.05, 0) is 36.5 Å². The number of rotatable bonds is 2. The zero-order valence-corrected chi connectivity index (χ0v) is 9.25. The van der Waals surface area contributed by atoms with Crippen LogP contribution < -0.4 is 11.1 Å². The highest BCUT2D eigenvalue weighted by Crippen LogP contribution is 2.48. The van der Waals surface area contributed by atoms with Gasteiger partial charge in [0.25, 0.3) is 0 Å². The fraction of sp³-hybridized carbons (Fsp3) is 0.462. The summed E-state index contributed by atoms with van der Waals surface area (Å²) in [6.45, 7) is 0.734. The van der Waals surface area contributed by atoms with Gasteiger partial charge < -0.3 is 11.1 Å². The molecule has 0 aromatic heterocycles. The molecule has 0 atom stereocenters. The molecule has 0 radical (unpaired) electrons. The van der Waals surface area contributed by atoms with E-state index in [1.165, 1.54) is 24.0 Å². The number of nitrogens with two attached hydrogens (primary N) is 1. The van der Waals surface area contributed by atoms with Crippen molar-refractivity contribution >= 4 is 11.6 Å². The number of aryl methyl sites for hydroxylation is 1. The second-order valence-electron chi connectivity index (χ2n) is 4.90. The topological polar surface area (TPSA) is 55.1 Å². The molecule has 0 bridgehead atoms. The minimum Gasteiger partial charge on any atom is -0.330 e. The SMILES string of the molecule is NCC1(c2ccc3c(c2)CCC(=O)N3)CC1. The van der Waals surface area contributed by atoms with Crippen molar-refractivity contribution < 1.29 is 4.79 Å². The molecule has 3 rings (SSSR count). The molecule has 0 unspecified atom stereocenters. The van der Waals surface area contributed by atoms with Crippen LogP contribution in [0.25, 0.3) is 0 Å². The van der Waals surface area contributed by atoms with Crippen molar-refractivity contribution in [2.45, 2.75) is 31.1 Å². The molecular formula is C13H16N2O. The van der Waals surface area contributed by atoms with Gasteiger partial charge in [0.05, 0.1) is 0 Å². The molecule has 3 N–H and O–H groups in total. The molecule has 0 spiro atoms. The molecule has 1 aliphatic heterocycles. The fourth-order valence-electron chi connectivity index (χ4n) is 2.47. The lowest BCUT2D eigenvalue weighted by Crippen LogP contribution is -2.22. The summed E-state index contributed by atoms with van der Waals surface area (Å²) in [7, 11) is 0. The lowest BCUT2D eigenvalue weighted by Gasteiger charge is -2.20. The van der Waals surface area contributed by atoms with E-state index in [1.54, 1.807) is 0 Å². The first-order valence-electron chi connectivity index (χ1n) is 5.87. The van der Waals surface area contributed by atoms with Crippen molar-refractivity contribution in [1.82, 2.24) is 0 Å². The highest BCUT2D eigenvalue weighted by atomic mass is 16.1. The quantitative estimate of drug-likeness (QED) is 0.788. The summed E-state index contributed by atoms with van der Waals surface area (Å²) in [4.78, 5) is 11.2. The maximum atomic E-state index is 11.2. The molecule has 84 valence electrons. The van der Waals surface area contributed by atoms with Gasteiger partial charge in [-0.2, -0.15) is 0 Å². The van der Waals surface area contributed by atoms with Crippen LogP contribution in [0.1, 0.15) is 30.4 Å². The van der Waals surface area contributed by atoms with E-state index in [9.17, 15) is 4.79 Å². The lowest BCUT2D eigenvalue weighted by molar-refractivity contribution is -0.116. The average Bonchev–Trinajstić information content (AvgIpc) is 3.09. The van der Waals surface area contributed by atoms with E-state index in [2.05, 4.69) is 17.4 Å². The van der Waals surface area contributed by atoms with Crippen LogP contribution in [0, 0.1) is 0 Å². The third-order valence-electron chi connectivity index (χ3n) is 3.86. The van der Waals surface area contributed by atoms with E-state index in [0.29, 0.717) is 6.42 Å². The number of fused-ring (bicyclic) bond motifs is 1. The van der Waals surface area contributed by atoms with Crippen LogP contribution in [-0.2, 0) is 16.6 Å². The van der Waals surface area contributed by atoms with E-state index in [1.807, 2.05) is 6.07 Å². The number of nitrogens with one attached hydrogen (secondary N) is 1. The molecule has 1 aliphatic carbocycles. The van der Waals surface area contributed by atoms with Gasteiger partial charge in [-0.1, -0.05) is 12.1 Å². The molecule has 2 aliphatic rings. The first-order valence-corrected chi connectivity index (χ1v) is 5.87. The maximum absolute atomic E-state index is 11.2. The van der Waals surface area contributed by atoms with Crippen molar-refractivity contribution in [3.63, 3.8) is 0 Å². The van der Waals surface area contributed by atoms with Crippen LogP contribution in [-0.4, -0.2) is 12.5 Å². The van der Waals surface area contributed by atoms with E-state index in [0.717, 1.165) is 18.7 Å². The van der Waals surface area contributed by atoms with Gasteiger partial charge in [-0.25, -0.2) is 0 Å². The number of carbonyl (C=O) groups is 1. The molecule has 1 amide bonds. The van der Waals surface area contributed by atoms with Crippen molar-refractivity contribution in [1.29, 1.82) is 0 Å². The number of carbonyl (C=O) groups excluding carboxylic acids is 1. The Labute approximate surface area is 95.0 Å². The highest BCUT2D eigenvalue weighted by Gasteiger charge is 2.43. The van der Waals surface area contributed by atoms with Gasteiger partial charge in [0.2, 0.25) is 5.91 Å². The van der Waals surface area contributed by atoms with Crippen LogP contribution in [0.4, 0.5) is 5.69 Å². The maximum Gasteiger partial charge on any atom is 0.224 e. The Hall–Kier alpha value is -1.35. The molecule has 3 nitrogen and oxygen atoms in total. The van der Waals surface area contributed by atoms with Crippen LogP contribution in [0.5, 0.6) is 0 Å². The second-order valence-corrected chi connectivity index (χ2v) is 4.90. The first kappa shape index (κ1) is 9.85. The van der Waals surface area contributed by atoms with Crippen molar-refractivity contribution in [3.05, 3.63) is 29.3 Å². The molecule has 16 heavy (non-hydrogen) atoms. The standard InChI is InChI=1S/C13H16N2O/c14-8-13(5-6-13)10-2-3-11-9(7-10)1-4-12(16)15-11/h2-3,7H,1,4-6,8,14H2,(H,15,16). The molecule has 3 heteroatoms. The normalized spacial score (nSPS) is 21.2. The first-order chi connectivity index (χ1) is 7.73. The Kier molecular flexibility index (Phi) is 2.04. The average molecular weight is 216 g/mol. The van der Waals surface area contributed by atoms with E-state index in [4.69, 9.17) is 5.73 Å². The molecule has 0 saturated heterocycles. The number of hydrogen-bond acceptors (Lipinski definition) is 2. The number of benzene rings is 1. The third kappa shape index (κ3) is 1.43. The Morgan fingerprint density at radius 1 is 1.31 bits per heavy atom. The summed E-state index contributed by atoms with van der Waals surface area (Å²) in [6.07, 6.45) is 3.87. The smallest absolute Gasteiger partial charge is 0.224 e. The number of anilines is 1. The summed E-state index contributed by atoms with van der Waals surface area (Å²) in [5.41, 5.74) is 9.67. The van der Waals surface area contributed by atoms with Gasteiger partial charge in [0, 0.05) is 24.1 Å². The molecule has 1 heterocycles. The minimum absolute atomic E-state index is 0.125. The summed E-state index contributed by atoms with van der Waals surface area (Å²) in [5.74, 6) is 0.125. The molecule has 1 saturated carbocycles. The zero-order chi connectivity index (χ0) is 11.2. The van der Waals surface area contributed by atoms with Gasteiger partial charge in [0.1, 0.15) is 0 Å². The fourth-order valence-corrected chi connectivity index (χ4v) is 2.47. The largest absolute Gasteiger partial charge is 0.330 e. The summed E-state index contributed by atoms with van der Waals surface area (Å²) < 4.78 is 0. The number of amides is 1. The Morgan fingerprint density at radius 3 is 2.81 bits per heavy atom. The lowest BCUT2D eigenvalue weighted by atomic mass is 9.91. The predicted molar refractivity (Wildman–Crippen MR) is 63.4 cm³/mol. The Bertz CT molecular complexity index is 449. The summed E-state index contributed by atoms with van der Waals surface area (Å²) >= 11 is 0. The van der Waals surface area contributed by atoms with Gasteiger partial charge in [0.15, 0.2) is 0 Å². The highest BCUT2D eigenvalue weighted by molar-refractivity contribution is 5.93. The van der Waals surface area contributed by atoms with Crippen LogP contribution in [0.15, 0.2) is 18.2 Å². The molecule has 1 fully saturated rings. The second kappa shape index (κ2) is 3.32. The predicted octanol–water partition coefficient (Wildman–Crippen LogP) is 1.56. The van der Waals surface area contributed by atoms with Crippen LogP contribution in [0.2, 0.25) is 0 Å². The van der Waals surface area contributed by atoms with Crippen molar-refractivity contribution in [2.24, 2.45) is 5.73 Å². The van der Waals surface area contributed by atoms with E-state index >= 15 is 0 Å². The van der Waals surface area contributed by atoms with Gasteiger partial charge in [-0.3, -0.25) is 4.79 Å². The molecule has 1 aromatic carbocycles. The number of hydrogen-bond donors (Lipinski definition) is 2. The Morgan fingerprint density at radius 2 is 2.12 bits per heavy atom. The molecule has 1 aromatic rings.